The summed E-state index contributed by atoms with van der Waals surface area (Å²) in [5.41, 5.74) is 5.98. The highest BCUT2D eigenvalue weighted by Gasteiger charge is 2.17. The average Bonchev–Trinajstić information content (AvgIpc) is 2.30. The maximum atomic E-state index is 13.9. The summed E-state index contributed by atoms with van der Waals surface area (Å²) in [4.78, 5) is 0. The van der Waals surface area contributed by atoms with Crippen LogP contribution >= 0.6 is 15.9 Å². The minimum absolute atomic E-state index is 0.293. The van der Waals surface area contributed by atoms with Crippen molar-refractivity contribution >= 4 is 15.9 Å². The molecule has 5 heteroatoms. The van der Waals surface area contributed by atoms with Crippen molar-refractivity contribution in [3.63, 3.8) is 0 Å². The Hall–Kier alpha value is -0.810. The summed E-state index contributed by atoms with van der Waals surface area (Å²) in [6, 6.07) is 1.65. The molecule has 1 rings (SSSR count). The lowest BCUT2D eigenvalue weighted by Gasteiger charge is -2.13. The third-order valence-corrected chi connectivity index (χ3v) is 2.99. The molecule has 0 atom stereocenters. The number of halogens is 2. The molecule has 0 saturated heterocycles. The van der Waals surface area contributed by atoms with Crippen LogP contribution in [0.4, 0.5) is 4.39 Å². The second-order valence-corrected chi connectivity index (χ2v) is 4.08. The molecule has 0 saturated carbocycles. The number of aryl methyl sites for hydroxylation is 1. The summed E-state index contributed by atoms with van der Waals surface area (Å²) >= 11 is 3.16. The number of hydrogen-bond donors (Lipinski definition) is 1. The van der Waals surface area contributed by atoms with Gasteiger partial charge in [0.25, 0.3) is 0 Å². The topological polar surface area (TPSA) is 44.5 Å². The molecule has 16 heavy (non-hydrogen) atoms. The van der Waals surface area contributed by atoms with Crippen molar-refractivity contribution in [3.05, 3.63) is 21.9 Å². The number of ether oxygens (including phenoxy) is 2. The third kappa shape index (κ3) is 2.65. The van der Waals surface area contributed by atoms with Gasteiger partial charge in [0.2, 0.25) is 0 Å². The zero-order chi connectivity index (χ0) is 12.1. The van der Waals surface area contributed by atoms with Gasteiger partial charge >= 0.3 is 0 Å². The smallest absolute Gasteiger partial charge is 0.177 e. The monoisotopic (exact) mass is 291 g/mol. The molecule has 1 aromatic carbocycles. The van der Waals surface area contributed by atoms with Crippen LogP contribution in [0.2, 0.25) is 0 Å². The molecule has 0 aliphatic rings. The second-order valence-electron chi connectivity index (χ2n) is 3.29. The molecule has 0 aromatic heterocycles. The molecule has 90 valence electrons. The Kier molecular flexibility index (Phi) is 5.02. The third-order valence-electron chi connectivity index (χ3n) is 2.28. The second kappa shape index (κ2) is 6.06. The number of methoxy groups -OCH3 is 2. The maximum Gasteiger partial charge on any atom is 0.177 e. The zero-order valence-corrected chi connectivity index (χ0v) is 10.9. The fourth-order valence-corrected chi connectivity index (χ4v) is 2.06. The first-order chi connectivity index (χ1) is 7.65. The largest absolute Gasteiger partial charge is 0.493 e. The molecule has 0 amide bonds. The van der Waals surface area contributed by atoms with Gasteiger partial charge < -0.3 is 15.2 Å². The summed E-state index contributed by atoms with van der Waals surface area (Å²) in [5, 5.41) is 0. The van der Waals surface area contributed by atoms with Crippen LogP contribution in [0.3, 0.4) is 0 Å². The lowest BCUT2D eigenvalue weighted by atomic mass is 10.1. The van der Waals surface area contributed by atoms with Gasteiger partial charge in [-0.25, -0.2) is 4.39 Å². The number of benzene rings is 1. The molecule has 0 radical (unpaired) electrons. The van der Waals surface area contributed by atoms with E-state index in [-0.39, 0.29) is 5.82 Å². The predicted octanol–water partition coefficient (Wildman–Crippen LogP) is 2.50. The van der Waals surface area contributed by atoms with Crippen LogP contribution in [0.25, 0.3) is 0 Å². The van der Waals surface area contributed by atoms with Gasteiger partial charge in [0.15, 0.2) is 11.5 Å². The first kappa shape index (κ1) is 13.3. The van der Waals surface area contributed by atoms with E-state index in [2.05, 4.69) is 15.9 Å². The maximum absolute atomic E-state index is 13.9. The van der Waals surface area contributed by atoms with Crippen molar-refractivity contribution < 1.29 is 13.9 Å². The Labute approximate surface area is 103 Å². The van der Waals surface area contributed by atoms with Crippen LogP contribution in [0.1, 0.15) is 12.0 Å². The van der Waals surface area contributed by atoms with Crippen molar-refractivity contribution in [2.45, 2.75) is 12.8 Å². The molecule has 0 aliphatic heterocycles. The van der Waals surface area contributed by atoms with E-state index >= 15 is 0 Å². The minimum atomic E-state index is -0.314. The van der Waals surface area contributed by atoms with Crippen molar-refractivity contribution in [3.8, 4) is 11.5 Å². The van der Waals surface area contributed by atoms with Crippen molar-refractivity contribution in [2.24, 2.45) is 5.73 Å². The Morgan fingerprint density at radius 2 is 2.06 bits per heavy atom. The van der Waals surface area contributed by atoms with E-state index in [1.807, 2.05) is 0 Å². The van der Waals surface area contributed by atoms with E-state index in [0.717, 1.165) is 6.42 Å². The van der Waals surface area contributed by atoms with Gasteiger partial charge in [-0.15, -0.1) is 0 Å². The number of hydrogen-bond acceptors (Lipinski definition) is 3. The number of rotatable bonds is 5. The van der Waals surface area contributed by atoms with Crippen molar-refractivity contribution in [1.82, 2.24) is 0 Å². The fraction of sp³-hybridized carbons (Fsp3) is 0.455. The van der Waals surface area contributed by atoms with Crippen LogP contribution in [0.5, 0.6) is 11.5 Å². The van der Waals surface area contributed by atoms with Gasteiger partial charge in [-0.3, -0.25) is 0 Å². The summed E-state index contributed by atoms with van der Waals surface area (Å²) in [6.07, 6.45) is 1.32. The van der Waals surface area contributed by atoms with E-state index in [0.29, 0.717) is 34.5 Å². The molecule has 0 bridgehead atoms. The van der Waals surface area contributed by atoms with E-state index in [9.17, 15) is 4.39 Å². The number of nitrogens with two attached hydrogens (primary N) is 1. The Morgan fingerprint density at radius 3 is 2.56 bits per heavy atom. The molecule has 0 spiro atoms. The normalized spacial score (nSPS) is 10.3. The fourth-order valence-electron chi connectivity index (χ4n) is 1.45. The zero-order valence-electron chi connectivity index (χ0n) is 9.35. The SMILES string of the molecule is COc1cc(CCCN)c(F)c(Br)c1OC. The molecular weight excluding hydrogens is 277 g/mol. The minimum Gasteiger partial charge on any atom is -0.493 e. The molecule has 3 nitrogen and oxygen atoms in total. The lowest BCUT2D eigenvalue weighted by Crippen LogP contribution is -2.03. The Balaban J connectivity index is 3.16. The Bertz CT molecular complexity index is 371. The van der Waals surface area contributed by atoms with E-state index in [4.69, 9.17) is 15.2 Å². The molecule has 2 N–H and O–H groups in total. The summed E-state index contributed by atoms with van der Waals surface area (Å²) in [5.74, 6) is 0.574. The van der Waals surface area contributed by atoms with Crippen LogP contribution in [0.15, 0.2) is 10.5 Å². The van der Waals surface area contributed by atoms with Gasteiger partial charge in [0.05, 0.1) is 18.7 Å². The van der Waals surface area contributed by atoms with Gasteiger partial charge in [0.1, 0.15) is 5.82 Å². The molecule has 0 heterocycles. The van der Waals surface area contributed by atoms with Crippen LogP contribution < -0.4 is 15.2 Å². The van der Waals surface area contributed by atoms with Crippen LogP contribution in [-0.2, 0) is 6.42 Å². The molecular formula is C11H15BrFNO2. The first-order valence-electron chi connectivity index (χ1n) is 4.94. The predicted molar refractivity (Wildman–Crippen MR) is 64.6 cm³/mol. The standard InChI is InChI=1S/C11H15BrFNO2/c1-15-8-6-7(4-3-5-14)10(13)9(12)11(8)16-2/h6H,3-5,14H2,1-2H3. The van der Waals surface area contributed by atoms with Crippen LogP contribution in [0, 0.1) is 5.82 Å². The van der Waals surface area contributed by atoms with E-state index in [1.54, 1.807) is 6.07 Å². The highest BCUT2D eigenvalue weighted by atomic mass is 79.9. The summed E-state index contributed by atoms with van der Waals surface area (Å²) in [6.45, 7) is 0.533. The summed E-state index contributed by atoms with van der Waals surface area (Å²) < 4.78 is 24.4. The van der Waals surface area contributed by atoms with Crippen LogP contribution in [-0.4, -0.2) is 20.8 Å². The highest BCUT2D eigenvalue weighted by molar-refractivity contribution is 9.10. The molecule has 0 fully saturated rings. The van der Waals surface area contributed by atoms with Gasteiger partial charge in [-0.05, 0) is 46.9 Å². The van der Waals surface area contributed by atoms with E-state index in [1.165, 1.54) is 14.2 Å². The molecule has 0 aliphatic carbocycles. The highest BCUT2D eigenvalue weighted by Crippen LogP contribution is 2.39. The summed E-state index contributed by atoms with van der Waals surface area (Å²) in [7, 11) is 3.00. The first-order valence-corrected chi connectivity index (χ1v) is 5.73. The lowest BCUT2D eigenvalue weighted by molar-refractivity contribution is 0.349. The Morgan fingerprint density at radius 1 is 1.38 bits per heavy atom. The molecule has 1 aromatic rings. The quantitative estimate of drug-likeness (QED) is 0.907. The van der Waals surface area contributed by atoms with E-state index < -0.39 is 0 Å². The van der Waals surface area contributed by atoms with Crippen molar-refractivity contribution in [1.29, 1.82) is 0 Å². The average molecular weight is 292 g/mol. The molecule has 0 unspecified atom stereocenters. The van der Waals surface area contributed by atoms with Gasteiger partial charge in [-0.1, -0.05) is 0 Å². The van der Waals surface area contributed by atoms with Gasteiger partial charge in [0, 0.05) is 0 Å². The van der Waals surface area contributed by atoms with Gasteiger partial charge in [-0.2, -0.15) is 0 Å². The van der Waals surface area contributed by atoms with Crippen molar-refractivity contribution in [2.75, 3.05) is 20.8 Å².